The number of benzene rings is 2. The Balaban J connectivity index is 1.63. The maximum Gasteiger partial charge on any atom is 0.286 e. The van der Waals surface area contributed by atoms with Crippen LogP contribution in [0.1, 0.15) is 24.8 Å². The van der Waals surface area contributed by atoms with Crippen LogP contribution in [0.5, 0.6) is 0 Å². The van der Waals surface area contributed by atoms with Crippen LogP contribution in [0.2, 0.25) is 0 Å². The molecule has 1 amide bonds. The van der Waals surface area contributed by atoms with E-state index in [1.165, 1.54) is 41.8 Å². The Hall–Kier alpha value is -2.07. The summed E-state index contributed by atoms with van der Waals surface area (Å²) in [5.74, 6) is -0.108. The molecule has 0 bridgehead atoms. The minimum Gasteiger partial charge on any atom is -0.351 e. The number of rotatable bonds is 1. The number of fused-ring (bicyclic) bond motifs is 1. The molecule has 2 aliphatic heterocycles. The second kappa shape index (κ2) is 6.20. The molecule has 2 heterocycles. The fourth-order valence-electron chi connectivity index (χ4n) is 3.14. The molecule has 3 nitrogen and oxygen atoms in total. The van der Waals surface area contributed by atoms with Crippen molar-refractivity contribution in [1.29, 1.82) is 0 Å². The van der Waals surface area contributed by atoms with Crippen LogP contribution in [0.3, 0.4) is 0 Å². The van der Waals surface area contributed by atoms with Crippen LogP contribution in [0.25, 0.3) is 16.8 Å². The molecule has 4 heteroatoms. The molecule has 0 aromatic heterocycles. The lowest BCUT2D eigenvalue weighted by Crippen LogP contribution is -2.33. The van der Waals surface area contributed by atoms with Gasteiger partial charge in [0.2, 0.25) is 0 Å². The molecule has 2 aromatic rings. The van der Waals surface area contributed by atoms with Crippen molar-refractivity contribution >= 4 is 39.7 Å². The summed E-state index contributed by atoms with van der Waals surface area (Å²) >= 11 is 1.52. The van der Waals surface area contributed by atoms with E-state index in [1.54, 1.807) is 0 Å². The monoisotopic (exact) mass is 322 g/mol. The standard InChI is InChI=1S/C19H18N2OS/c22-18-17(23-19(20-18)21-11-4-1-5-12-21)13-15-9-6-8-14-7-2-3-10-16(14)15/h2-3,6-10,13H,1,4-5,11-12H2/b17-13-. The Bertz CT molecular complexity index is 814. The average molecular weight is 322 g/mol. The lowest BCUT2D eigenvalue weighted by molar-refractivity contribution is -0.113. The molecule has 0 atom stereocenters. The number of nitrogens with zero attached hydrogens (tertiary/aromatic N) is 2. The summed E-state index contributed by atoms with van der Waals surface area (Å²) in [5, 5.41) is 3.23. The molecule has 0 saturated carbocycles. The van der Waals surface area contributed by atoms with Crippen LogP contribution < -0.4 is 0 Å². The number of hydrogen-bond donors (Lipinski definition) is 0. The highest BCUT2D eigenvalue weighted by Gasteiger charge is 2.26. The van der Waals surface area contributed by atoms with Crippen LogP contribution >= 0.6 is 11.8 Å². The van der Waals surface area contributed by atoms with Gasteiger partial charge in [-0.1, -0.05) is 42.5 Å². The van der Waals surface area contributed by atoms with Gasteiger partial charge in [-0.05, 0) is 53.4 Å². The number of thioether (sulfide) groups is 1. The third-order valence-electron chi connectivity index (χ3n) is 4.35. The SMILES string of the molecule is O=C1N=C(N2CCCCC2)S/C1=C\c1cccc2ccccc12. The summed E-state index contributed by atoms with van der Waals surface area (Å²) in [6.07, 6.45) is 5.64. The smallest absolute Gasteiger partial charge is 0.286 e. The highest BCUT2D eigenvalue weighted by molar-refractivity contribution is 8.18. The first kappa shape index (κ1) is 14.5. The molecular weight excluding hydrogens is 304 g/mol. The molecule has 2 aromatic carbocycles. The van der Waals surface area contributed by atoms with Crippen molar-refractivity contribution in [2.45, 2.75) is 19.3 Å². The van der Waals surface area contributed by atoms with Crippen LogP contribution in [0.15, 0.2) is 52.4 Å². The maximum absolute atomic E-state index is 12.3. The number of carbonyl (C=O) groups excluding carboxylic acids is 1. The number of likely N-dealkylation sites (tertiary alicyclic amines) is 1. The van der Waals surface area contributed by atoms with Gasteiger partial charge < -0.3 is 4.90 Å². The first-order valence-corrected chi connectivity index (χ1v) is 8.88. The lowest BCUT2D eigenvalue weighted by atomic mass is 10.0. The summed E-state index contributed by atoms with van der Waals surface area (Å²) in [5.41, 5.74) is 1.08. The summed E-state index contributed by atoms with van der Waals surface area (Å²) < 4.78 is 0. The van der Waals surface area contributed by atoms with E-state index in [0.29, 0.717) is 0 Å². The van der Waals surface area contributed by atoms with Gasteiger partial charge >= 0.3 is 0 Å². The van der Waals surface area contributed by atoms with Gasteiger partial charge in [-0.3, -0.25) is 4.79 Å². The normalized spacial score (nSPS) is 20.3. The number of aliphatic imine (C=N–C) groups is 1. The summed E-state index contributed by atoms with van der Waals surface area (Å²) in [4.78, 5) is 19.5. The second-order valence-corrected chi connectivity index (χ2v) is 6.94. The minimum atomic E-state index is -0.108. The van der Waals surface area contributed by atoms with Crippen molar-refractivity contribution in [3.05, 3.63) is 52.9 Å². The Morgan fingerprint density at radius 2 is 1.78 bits per heavy atom. The fraction of sp³-hybridized carbons (Fsp3) is 0.263. The molecule has 4 rings (SSSR count). The zero-order chi connectivity index (χ0) is 15.6. The van der Waals surface area contributed by atoms with Gasteiger partial charge in [-0.25, -0.2) is 0 Å². The molecule has 0 N–H and O–H groups in total. The maximum atomic E-state index is 12.3. The van der Waals surface area contributed by atoms with E-state index >= 15 is 0 Å². The van der Waals surface area contributed by atoms with E-state index < -0.39 is 0 Å². The predicted molar refractivity (Wildman–Crippen MR) is 97.4 cm³/mol. The number of amidine groups is 1. The molecule has 0 unspecified atom stereocenters. The van der Waals surface area contributed by atoms with Crippen molar-refractivity contribution in [2.24, 2.45) is 4.99 Å². The first-order valence-electron chi connectivity index (χ1n) is 8.06. The van der Waals surface area contributed by atoms with Gasteiger partial charge in [0.05, 0.1) is 4.91 Å². The average Bonchev–Trinajstić information content (AvgIpc) is 2.97. The van der Waals surface area contributed by atoms with E-state index in [-0.39, 0.29) is 5.91 Å². The van der Waals surface area contributed by atoms with E-state index in [4.69, 9.17) is 0 Å². The molecule has 0 spiro atoms. The van der Waals surface area contributed by atoms with Gasteiger partial charge in [0.1, 0.15) is 0 Å². The van der Waals surface area contributed by atoms with Crippen LogP contribution in [0.4, 0.5) is 0 Å². The number of hydrogen-bond acceptors (Lipinski definition) is 3. The molecule has 0 radical (unpaired) electrons. The number of amides is 1. The first-order chi connectivity index (χ1) is 11.3. The molecule has 0 aliphatic carbocycles. The van der Waals surface area contributed by atoms with Crippen LogP contribution in [-0.2, 0) is 4.79 Å². The third-order valence-corrected chi connectivity index (χ3v) is 5.39. The van der Waals surface area contributed by atoms with Crippen LogP contribution in [-0.4, -0.2) is 29.1 Å². The molecular formula is C19H18N2OS. The van der Waals surface area contributed by atoms with Gasteiger partial charge in [0, 0.05) is 13.1 Å². The van der Waals surface area contributed by atoms with Crippen molar-refractivity contribution in [1.82, 2.24) is 4.90 Å². The lowest BCUT2D eigenvalue weighted by Gasteiger charge is -2.27. The van der Waals surface area contributed by atoms with E-state index in [9.17, 15) is 4.79 Å². The second-order valence-electron chi connectivity index (χ2n) is 5.93. The molecule has 1 fully saturated rings. The summed E-state index contributed by atoms with van der Waals surface area (Å²) in [7, 11) is 0. The zero-order valence-electron chi connectivity index (χ0n) is 12.9. The van der Waals surface area contributed by atoms with E-state index in [1.807, 2.05) is 24.3 Å². The fourth-order valence-corrected chi connectivity index (χ4v) is 4.09. The number of carbonyl (C=O) groups is 1. The molecule has 23 heavy (non-hydrogen) atoms. The largest absolute Gasteiger partial charge is 0.351 e. The summed E-state index contributed by atoms with van der Waals surface area (Å²) in [6, 6.07) is 14.4. The van der Waals surface area contributed by atoms with Gasteiger partial charge in [0.15, 0.2) is 5.17 Å². The third kappa shape index (κ3) is 2.91. The van der Waals surface area contributed by atoms with Crippen molar-refractivity contribution < 1.29 is 4.79 Å². The van der Waals surface area contributed by atoms with Gasteiger partial charge in [-0.15, -0.1) is 0 Å². The van der Waals surface area contributed by atoms with Gasteiger partial charge in [0.25, 0.3) is 5.91 Å². The quantitative estimate of drug-likeness (QED) is 0.734. The Labute approximate surface area is 140 Å². The van der Waals surface area contributed by atoms with Gasteiger partial charge in [-0.2, -0.15) is 4.99 Å². The summed E-state index contributed by atoms with van der Waals surface area (Å²) in [6.45, 7) is 2.03. The Morgan fingerprint density at radius 3 is 2.65 bits per heavy atom. The van der Waals surface area contributed by atoms with Crippen molar-refractivity contribution in [3.63, 3.8) is 0 Å². The van der Waals surface area contributed by atoms with Crippen molar-refractivity contribution in [2.75, 3.05) is 13.1 Å². The predicted octanol–water partition coefficient (Wildman–Crippen LogP) is 4.30. The van der Waals surface area contributed by atoms with Crippen molar-refractivity contribution in [3.8, 4) is 0 Å². The zero-order valence-corrected chi connectivity index (χ0v) is 13.7. The molecule has 116 valence electrons. The minimum absolute atomic E-state index is 0.108. The topological polar surface area (TPSA) is 32.7 Å². The van der Waals surface area contributed by atoms with E-state index in [0.717, 1.165) is 28.7 Å². The van der Waals surface area contributed by atoms with Crippen LogP contribution in [0, 0.1) is 0 Å². The highest BCUT2D eigenvalue weighted by Crippen LogP contribution is 2.32. The molecule has 1 saturated heterocycles. The molecule has 2 aliphatic rings. The highest BCUT2D eigenvalue weighted by atomic mass is 32.2. The number of piperidine rings is 1. The Kier molecular flexibility index (Phi) is 3.92. The van der Waals surface area contributed by atoms with E-state index in [2.05, 4.69) is 34.2 Å². The Morgan fingerprint density at radius 1 is 1.00 bits per heavy atom.